The van der Waals surface area contributed by atoms with Gasteiger partial charge in [0.25, 0.3) is 5.91 Å². The van der Waals surface area contributed by atoms with Gasteiger partial charge in [-0.05, 0) is 43.2 Å². The Morgan fingerprint density at radius 3 is 3.09 bits per heavy atom. The van der Waals surface area contributed by atoms with Gasteiger partial charge in [0.1, 0.15) is 0 Å². The summed E-state index contributed by atoms with van der Waals surface area (Å²) in [6.07, 6.45) is 4.51. The lowest BCUT2D eigenvalue weighted by Crippen LogP contribution is -2.25. The second-order valence-electron chi connectivity index (χ2n) is 5.34. The van der Waals surface area contributed by atoms with Crippen LogP contribution in [-0.4, -0.2) is 21.6 Å². The molecule has 3 N–H and O–H groups in total. The van der Waals surface area contributed by atoms with Gasteiger partial charge in [-0.3, -0.25) is 14.3 Å². The number of carbonyl (C=O) groups excluding carboxylic acids is 2. The van der Waals surface area contributed by atoms with E-state index in [0.717, 1.165) is 24.8 Å². The van der Waals surface area contributed by atoms with Gasteiger partial charge in [0.05, 0.1) is 11.6 Å². The van der Waals surface area contributed by atoms with Crippen molar-refractivity contribution in [3.8, 4) is 0 Å². The second-order valence-corrected chi connectivity index (χ2v) is 6.35. The summed E-state index contributed by atoms with van der Waals surface area (Å²) in [6.45, 7) is 2.51. The van der Waals surface area contributed by atoms with Crippen molar-refractivity contribution in [3.05, 3.63) is 33.8 Å². The molecule has 2 heterocycles. The first-order valence-electron chi connectivity index (χ1n) is 7.34. The van der Waals surface area contributed by atoms with Crippen LogP contribution in [0, 0.1) is 0 Å². The van der Waals surface area contributed by atoms with Crippen LogP contribution < -0.4 is 11.1 Å². The maximum absolute atomic E-state index is 12.6. The van der Waals surface area contributed by atoms with Gasteiger partial charge in [-0.15, -0.1) is 11.3 Å². The molecule has 3 rings (SSSR count). The number of hydrogen-bond acceptors (Lipinski definition) is 4. The molecule has 2 aromatic rings. The van der Waals surface area contributed by atoms with Crippen LogP contribution >= 0.6 is 11.3 Å². The summed E-state index contributed by atoms with van der Waals surface area (Å²) in [6, 6.07) is 2.02. The van der Waals surface area contributed by atoms with E-state index in [9.17, 15) is 9.59 Å². The molecular formula is C15H18N4O2S. The summed E-state index contributed by atoms with van der Waals surface area (Å²) >= 11 is 1.70. The number of nitrogens with one attached hydrogen (secondary N) is 1. The first-order chi connectivity index (χ1) is 10.6. The zero-order valence-corrected chi connectivity index (χ0v) is 13.2. The normalized spacial score (nSPS) is 17.0. The van der Waals surface area contributed by atoms with Gasteiger partial charge in [-0.25, -0.2) is 0 Å². The van der Waals surface area contributed by atoms with Gasteiger partial charge in [0, 0.05) is 17.6 Å². The van der Waals surface area contributed by atoms with Crippen LogP contribution in [0.5, 0.6) is 0 Å². The van der Waals surface area contributed by atoms with Crippen LogP contribution in [0.25, 0.3) is 0 Å². The van der Waals surface area contributed by atoms with Crippen LogP contribution in [0.4, 0.5) is 5.69 Å². The highest BCUT2D eigenvalue weighted by atomic mass is 32.1. The fourth-order valence-corrected chi connectivity index (χ4v) is 3.82. The summed E-state index contributed by atoms with van der Waals surface area (Å²) in [5, 5.41) is 8.95. The molecule has 0 saturated heterocycles. The maximum atomic E-state index is 12.6. The largest absolute Gasteiger partial charge is 0.364 e. The number of aryl methyl sites for hydroxylation is 2. The molecule has 2 aromatic heterocycles. The Morgan fingerprint density at radius 1 is 1.55 bits per heavy atom. The molecule has 1 atom stereocenters. The van der Waals surface area contributed by atoms with E-state index in [0.29, 0.717) is 12.2 Å². The molecule has 2 amide bonds. The Bertz CT molecular complexity index is 719. The Balaban J connectivity index is 1.84. The predicted octanol–water partition coefficient (Wildman–Crippen LogP) is 2.12. The van der Waals surface area contributed by atoms with E-state index in [1.165, 1.54) is 4.88 Å². The zero-order chi connectivity index (χ0) is 15.7. The molecule has 7 heteroatoms. The van der Waals surface area contributed by atoms with Crippen LogP contribution in [0.1, 0.15) is 46.6 Å². The molecule has 0 aliphatic heterocycles. The maximum Gasteiger partial charge on any atom is 0.271 e. The minimum absolute atomic E-state index is 0.0995. The highest BCUT2D eigenvalue weighted by molar-refractivity contribution is 7.10. The van der Waals surface area contributed by atoms with Crippen molar-refractivity contribution >= 4 is 28.8 Å². The molecule has 0 aromatic carbocycles. The standard InChI is InChI=1S/C15H18N4O2S/c1-2-19-8-11(13(18-19)14(16)20)17-15(21)10-4-3-5-12-9(10)6-7-22-12/h6-8,10H,2-5H2,1H3,(H2,16,20)(H,17,21). The lowest BCUT2D eigenvalue weighted by molar-refractivity contribution is -0.117. The number of rotatable bonds is 4. The van der Waals surface area contributed by atoms with E-state index in [-0.39, 0.29) is 17.5 Å². The third-order valence-electron chi connectivity index (χ3n) is 3.95. The van der Waals surface area contributed by atoms with Gasteiger partial charge in [-0.2, -0.15) is 5.10 Å². The number of nitrogens with zero attached hydrogens (tertiary/aromatic N) is 2. The van der Waals surface area contributed by atoms with E-state index in [2.05, 4.69) is 10.4 Å². The Morgan fingerprint density at radius 2 is 2.36 bits per heavy atom. The third kappa shape index (κ3) is 2.64. The Labute approximate surface area is 132 Å². The molecule has 1 aliphatic carbocycles. The van der Waals surface area contributed by atoms with Gasteiger partial charge in [0.15, 0.2) is 5.69 Å². The topological polar surface area (TPSA) is 90.0 Å². The highest BCUT2D eigenvalue weighted by Gasteiger charge is 2.28. The number of carbonyl (C=O) groups is 2. The van der Waals surface area contributed by atoms with Crippen LogP contribution in [0.3, 0.4) is 0 Å². The Hall–Kier alpha value is -2.15. The zero-order valence-electron chi connectivity index (χ0n) is 12.3. The average Bonchev–Trinajstić information content (AvgIpc) is 3.12. The fraction of sp³-hybridized carbons (Fsp3) is 0.400. The number of hydrogen-bond donors (Lipinski definition) is 2. The number of amides is 2. The summed E-state index contributed by atoms with van der Waals surface area (Å²) in [7, 11) is 0. The molecule has 116 valence electrons. The van der Waals surface area contributed by atoms with Crippen LogP contribution in [-0.2, 0) is 17.8 Å². The van der Waals surface area contributed by atoms with Crippen LogP contribution in [0.15, 0.2) is 17.6 Å². The molecule has 1 unspecified atom stereocenters. The fourth-order valence-electron chi connectivity index (χ4n) is 2.84. The first-order valence-corrected chi connectivity index (χ1v) is 8.22. The SMILES string of the molecule is CCn1cc(NC(=O)C2CCCc3sccc32)c(C(N)=O)n1. The van der Waals surface area contributed by atoms with Crippen molar-refractivity contribution in [2.75, 3.05) is 5.32 Å². The number of primary amides is 1. The van der Waals surface area contributed by atoms with Crippen molar-refractivity contribution in [1.82, 2.24) is 9.78 Å². The van der Waals surface area contributed by atoms with E-state index in [4.69, 9.17) is 5.73 Å². The minimum atomic E-state index is -0.637. The number of thiophene rings is 1. The first kappa shape index (κ1) is 14.8. The predicted molar refractivity (Wildman–Crippen MR) is 85.0 cm³/mol. The second kappa shape index (κ2) is 5.92. The van der Waals surface area contributed by atoms with E-state index >= 15 is 0 Å². The summed E-state index contributed by atoms with van der Waals surface area (Å²) in [5.74, 6) is -0.902. The van der Waals surface area contributed by atoms with E-state index < -0.39 is 5.91 Å². The van der Waals surface area contributed by atoms with Gasteiger partial charge < -0.3 is 11.1 Å². The van der Waals surface area contributed by atoms with E-state index in [1.54, 1.807) is 22.2 Å². The van der Waals surface area contributed by atoms with Gasteiger partial charge in [0.2, 0.25) is 5.91 Å². The molecule has 22 heavy (non-hydrogen) atoms. The lowest BCUT2D eigenvalue weighted by atomic mass is 9.87. The molecule has 0 fully saturated rings. The molecule has 1 aliphatic rings. The van der Waals surface area contributed by atoms with Crippen molar-refractivity contribution < 1.29 is 9.59 Å². The van der Waals surface area contributed by atoms with Crippen molar-refractivity contribution in [1.29, 1.82) is 0 Å². The number of aromatic nitrogens is 2. The lowest BCUT2D eigenvalue weighted by Gasteiger charge is -2.21. The monoisotopic (exact) mass is 318 g/mol. The summed E-state index contributed by atoms with van der Waals surface area (Å²) in [4.78, 5) is 25.4. The minimum Gasteiger partial charge on any atom is -0.364 e. The molecule has 0 spiro atoms. The highest BCUT2D eigenvalue weighted by Crippen LogP contribution is 2.35. The quantitative estimate of drug-likeness (QED) is 0.904. The number of fused-ring (bicyclic) bond motifs is 1. The molecular weight excluding hydrogens is 300 g/mol. The van der Waals surface area contributed by atoms with Crippen LogP contribution in [0.2, 0.25) is 0 Å². The summed E-state index contributed by atoms with van der Waals surface area (Å²) < 4.78 is 1.59. The van der Waals surface area contributed by atoms with Crippen molar-refractivity contribution in [2.24, 2.45) is 5.73 Å². The number of nitrogens with two attached hydrogens (primary N) is 1. The van der Waals surface area contributed by atoms with Gasteiger partial charge in [-0.1, -0.05) is 0 Å². The third-order valence-corrected chi connectivity index (χ3v) is 4.94. The smallest absolute Gasteiger partial charge is 0.271 e. The average molecular weight is 318 g/mol. The summed E-state index contributed by atoms with van der Waals surface area (Å²) in [5.41, 5.74) is 6.94. The molecule has 6 nitrogen and oxygen atoms in total. The molecule has 0 saturated carbocycles. The Kier molecular flexibility index (Phi) is 3.98. The number of anilines is 1. The molecule has 0 radical (unpaired) electrons. The molecule has 0 bridgehead atoms. The van der Waals surface area contributed by atoms with E-state index in [1.807, 2.05) is 18.4 Å². The van der Waals surface area contributed by atoms with Crippen molar-refractivity contribution in [3.63, 3.8) is 0 Å². The van der Waals surface area contributed by atoms with Crippen molar-refractivity contribution in [2.45, 2.75) is 38.6 Å². The van der Waals surface area contributed by atoms with Gasteiger partial charge >= 0.3 is 0 Å².